The lowest BCUT2D eigenvalue weighted by atomic mass is 10.2. The van der Waals surface area contributed by atoms with Crippen molar-refractivity contribution in [2.75, 3.05) is 12.8 Å². The van der Waals surface area contributed by atoms with Crippen molar-refractivity contribution in [2.45, 2.75) is 10.6 Å². The minimum Gasteiger partial charge on any atom is -0.508 e. The molecule has 0 radical (unpaired) electrons. The average Bonchev–Trinajstić information content (AvgIpc) is 2.38. The number of hydrogen-bond donors (Lipinski definition) is 2. The van der Waals surface area contributed by atoms with Crippen LogP contribution < -0.4 is 10.5 Å². The summed E-state index contributed by atoms with van der Waals surface area (Å²) in [6, 6.07) is 11.8. The molecule has 0 heterocycles. The van der Waals surface area contributed by atoms with E-state index in [1.54, 1.807) is 36.4 Å². The standard InChI is InChI=1S/C14H15NO3S/c1-18-13-8-11(15)5-6-14(13)19(17)9-10-3-2-4-12(16)7-10/h2-8,16H,9,15H2,1H3. The number of nitrogens with two attached hydrogens (primary N) is 1. The fraction of sp³-hybridized carbons (Fsp3) is 0.143. The second-order valence-electron chi connectivity index (χ2n) is 4.07. The lowest BCUT2D eigenvalue weighted by Gasteiger charge is -2.09. The molecule has 2 aromatic carbocycles. The van der Waals surface area contributed by atoms with E-state index in [9.17, 15) is 9.32 Å². The van der Waals surface area contributed by atoms with Crippen molar-refractivity contribution in [1.82, 2.24) is 0 Å². The van der Waals surface area contributed by atoms with Gasteiger partial charge in [-0.1, -0.05) is 12.1 Å². The number of phenolic OH excluding ortho intramolecular Hbond substituents is 1. The highest BCUT2D eigenvalue weighted by atomic mass is 32.2. The van der Waals surface area contributed by atoms with Crippen molar-refractivity contribution in [1.29, 1.82) is 0 Å². The van der Waals surface area contributed by atoms with Gasteiger partial charge >= 0.3 is 0 Å². The van der Waals surface area contributed by atoms with Gasteiger partial charge in [-0.2, -0.15) is 0 Å². The molecule has 5 heteroatoms. The van der Waals surface area contributed by atoms with Crippen LogP contribution in [0.1, 0.15) is 5.56 Å². The van der Waals surface area contributed by atoms with Gasteiger partial charge in [-0.25, -0.2) is 0 Å². The molecule has 0 aliphatic heterocycles. The molecule has 19 heavy (non-hydrogen) atoms. The number of ether oxygens (including phenoxy) is 1. The van der Waals surface area contributed by atoms with Gasteiger partial charge in [-0.05, 0) is 29.8 Å². The first kappa shape index (κ1) is 13.4. The zero-order chi connectivity index (χ0) is 13.8. The van der Waals surface area contributed by atoms with Crippen LogP contribution in [0.4, 0.5) is 5.69 Å². The molecule has 0 spiro atoms. The predicted molar refractivity (Wildman–Crippen MR) is 75.6 cm³/mol. The van der Waals surface area contributed by atoms with Crippen LogP contribution in [0.3, 0.4) is 0 Å². The highest BCUT2D eigenvalue weighted by molar-refractivity contribution is 7.84. The summed E-state index contributed by atoms with van der Waals surface area (Å²) in [7, 11) is 0.264. The van der Waals surface area contributed by atoms with Gasteiger partial charge in [0.25, 0.3) is 0 Å². The van der Waals surface area contributed by atoms with E-state index >= 15 is 0 Å². The van der Waals surface area contributed by atoms with E-state index in [0.717, 1.165) is 5.56 Å². The molecule has 3 N–H and O–H groups in total. The normalized spacial score (nSPS) is 12.1. The summed E-state index contributed by atoms with van der Waals surface area (Å²) in [4.78, 5) is 0.597. The molecule has 0 amide bonds. The predicted octanol–water partition coefficient (Wildman–Crippen LogP) is 2.29. The molecule has 0 saturated carbocycles. The third-order valence-corrected chi connectivity index (χ3v) is 4.06. The topological polar surface area (TPSA) is 72.5 Å². The van der Waals surface area contributed by atoms with Gasteiger partial charge in [-0.3, -0.25) is 4.21 Å². The number of hydrogen-bond acceptors (Lipinski definition) is 4. The summed E-state index contributed by atoms with van der Waals surface area (Å²) in [6.07, 6.45) is 0. The lowest BCUT2D eigenvalue weighted by Crippen LogP contribution is -2.00. The Kier molecular flexibility index (Phi) is 4.06. The number of anilines is 1. The number of phenols is 1. The minimum absolute atomic E-state index is 0.166. The Morgan fingerprint density at radius 1 is 1.26 bits per heavy atom. The van der Waals surface area contributed by atoms with E-state index in [-0.39, 0.29) is 5.75 Å². The third kappa shape index (κ3) is 3.26. The molecule has 1 atom stereocenters. The van der Waals surface area contributed by atoms with Crippen molar-refractivity contribution < 1.29 is 14.1 Å². The molecule has 0 saturated heterocycles. The van der Waals surface area contributed by atoms with Crippen molar-refractivity contribution >= 4 is 16.5 Å². The van der Waals surface area contributed by atoms with Gasteiger partial charge in [0.05, 0.1) is 28.6 Å². The Labute approximate surface area is 114 Å². The van der Waals surface area contributed by atoms with Gasteiger partial charge in [0, 0.05) is 11.8 Å². The van der Waals surface area contributed by atoms with E-state index in [0.29, 0.717) is 22.1 Å². The fourth-order valence-electron chi connectivity index (χ4n) is 1.75. The maximum atomic E-state index is 12.3. The molecule has 0 aromatic heterocycles. The van der Waals surface area contributed by atoms with E-state index in [4.69, 9.17) is 10.5 Å². The Bertz CT molecular complexity index is 613. The first-order valence-corrected chi connectivity index (χ1v) is 7.02. The van der Waals surface area contributed by atoms with Gasteiger partial charge in [0.1, 0.15) is 11.5 Å². The SMILES string of the molecule is COc1cc(N)ccc1S(=O)Cc1cccc(O)c1. The Hall–Kier alpha value is -2.01. The number of methoxy groups -OCH3 is 1. The number of nitrogen functional groups attached to an aromatic ring is 1. The van der Waals surface area contributed by atoms with E-state index in [1.165, 1.54) is 7.11 Å². The second-order valence-corrected chi connectivity index (χ2v) is 5.49. The van der Waals surface area contributed by atoms with Crippen LogP contribution in [0, 0.1) is 0 Å². The smallest absolute Gasteiger partial charge is 0.137 e. The summed E-state index contributed by atoms with van der Waals surface area (Å²) in [5.41, 5.74) is 7.03. The highest BCUT2D eigenvalue weighted by Crippen LogP contribution is 2.26. The fourth-order valence-corrected chi connectivity index (χ4v) is 2.97. The molecular weight excluding hydrogens is 262 g/mol. The Morgan fingerprint density at radius 3 is 2.74 bits per heavy atom. The number of rotatable bonds is 4. The van der Waals surface area contributed by atoms with E-state index in [2.05, 4.69) is 0 Å². The summed E-state index contributed by atoms with van der Waals surface area (Å²) in [6.45, 7) is 0. The van der Waals surface area contributed by atoms with E-state index in [1.807, 2.05) is 6.07 Å². The van der Waals surface area contributed by atoms with Crippen molar-refractivity contribution in [3.8, 4) is 11.5 Å². The summed E-state index contributed by atoms with van der Waals surface area (Å²) in [5, 5.41) is 9.39. The van der Waals surface area contributed by atoms with Gasteiger partial charge in [0.15, 0.2) is 0 Å². The van der Waals surface area contributed by atoms with Gasteiger partial charge in [-0.15, -0.1) is 0 Å². The molecule has 0 fully saturated rings. The average molecular weight is 277 g/mol. The molecule has 0 aliphatic carbocycles. The van der Waals surface area contributed by atoms with Crippen LogP contribution in [0.5, 0.6) is 11.5 Å². The quantitative estimate of drug-likeness (QED) is 0.841. The first-order chi connectivity index (χ1) is 9.10. The molecule has 100 valence electrons. The van der Waals surface area contributed by atoms with Gasteiger partial charge in [0.2, 0.25) is 0 Å². The molecule has 2 rings (SSSR count). The number of benzene rings is 2. The zero-order valence-electron chi connectivity index (χ0n) is 10.5. The van der Waals surface area contributed by atoms with Crippen LogP contribution in [-0.4, -0.2) is 16.4 Å². The zero-order valence-corrected chi connectivity index (χ0v) is 11.3. The van der Waals surface area contributed by atoms with E-state index < -0.39 is 10.8 Å². The third-order valence-electron chi connectivity index (χ3n) is 2.64. The molecule has 1 unspecified atom stereocenters. The minimum atomic E-state index is -1.25. The van der Waals surface area contributed by atoms with Crippen LogP contribution in [-0.2, 0) is 16.6 Å². The molecule has 0 aliphatic rings. The van der Waals surface area contributed by atoms with Gasteiger partial charge < -0.3 is 15.6 Å². The molecule has 2 aromatic rings. The summed E-state index contributed by atoms with van der Waals surface area (Å²) in [5.74, 6) is 0.992. The monoisotopic (exact) mass is 277 g/mol. The highest BCUT2D eigenvalue weighted by Gasteiger charge is 2.12. The largest absolute Gasteiger partial charge is 0.508 e. The van der Waals surface area contributed by atoms with Crippen LogP contribution in [0.2, 0.25) is 0 Å². The summed E-state index contributed by atoms with van der Waals surface area (Å²) < 4.78 is 17.5. The first-order valence-electron chi connectivity index (χ1n) is 5.70. The molecule has 4 nitrogen and oxygen atoms in total. The second kappa shape index (κ2) is 5.75. The van der Waals surface area contributed by atoms with Crippen molar-refractivity contribution in [3.05, 3.63) is 48.0 Å². The maximum absolute atomic E-state index is 12.3. The van der Waals surface area contributed by atoms with Crippen LogP contribution in [0.15, 0.2) is 47.4 Å². The van der Waals surface area contributed by atoms with Crippen LogP contribution >= 0.6 is 0 Å². The Balaban J connectivity index is 2.25. The maximum Gasteiger partial charge on any atom is 0.137 e. The Morgan fingerprint density at radius 2 is 2.05 bits per heavy atom. The van der Waals surface area contributed by atoms with Crippen molar-refractivity contribution in [2.24, 2.45) is 0 Å². The summed E-state index contributed by atoms with van der Waals surface area (Å²) >= 11 is 0. The van der Waals surface area contributed by atoms with Crippen LogP contribution in [0.25, 0.3) is 0 Å². The number of aromatic hydroxyl groups is 1. The van der Waals surface area contributed by atoms with Crippen molar-refractivity contribution in [3.63, 3.8) is 0 Å². The molecule has 0 bridgehead atoms. The lowest BCUT2D eigenvalue weighted by molar-refractivity contribution is 0.404. The molecular formula is C14H15NO3S.